The molecule has 0 amide bonds. The molecular weight excluding hydrogens is 152 g/mol. The lowest BCUT2D eigenvalue weighted by Crippen LogP contribution is -2.19. The first-order valence-electron chi connectivity index (χ1n) is 3.48. The molecule has 0 heterocycles. The molecule has 0 aliphatic rings. The Morgan fingerprint density at radius 2 is 1.92 bits per heavy atom. The molecule has 0 spiro atoms. The quantitative estimate of drug-likeness (QED) is 0.503. The number of benzene rings is 1. The summed E-state index contributed by atoms with van der Waals surface area (Å²) in [6.45, 7) is 1.95. The highest BCUT2D eigenvalue weighted by atomic mass is 16.4. The molecule has 1 aromatic carbocycles. The number of carboxylic acid groups (broad SMARTS) is 1. The van der Waals surface area contributed by atoms with E-state index in [1.807, 2.05) is 25.0 Å². The first kappa shape index (κ1) is 8.35. The van der Waals surface area contributed by atoms with Crippen molar-refractivity contribution in [1.82, 2.24) is 0 Å². The van der Waals surface area contributed by atoms with Crippen LogP contribution in [0.5, 0.6) is 0 Å². The molecule has 0 bridgehead atoms. The largest absolute Gasteiger partial charge is 0.537 e. The van der Waals surface area contributed by atoms with Gasteiger partial charge in [0.15, 0.2) is 0 Å². The first-order valence-corrected chi connectivity index (χ1v) is 3.48. The van der Waals surface area contributed by atoms with Crippen molar-refractivity contribution in [3.63, 3.8) is 0 Å². The SMILES string of the molecule is Cc1ccc(C#CC(=O)[O-])cc1. The molecule has 1 aromatic rings. The Morgan fingerprint density at radius 3 is 2.42 bits per heavy atom. The summed E-state index contributed by atoms with van der Waals surface area (Å²) in [7, 11) is 0. The number of carbonyl (C=O) groups excluding carboxylic acids is 1. The van der Waals surface area contributed by atoms with Crippen LogP contribution in [0.2, 0.25) is 0 Å². The molecule has 0 aromatic heterocycles. The molecule has 0 fully saturated rings. The molecule has 0 saturated carbocycles. The fraction of sp³-hybridized carbons (Fsp3) is 0.100. The second-order valence-electron chi connectivity index (χ2n) is 2.40. The molecule has 1 rings (SSSR count). The van der Waals surface area contributed by atoms with Gasteiger partial charge in [-0.05, 0) is 25.0 Å². The van der Waals surface area contributed by atoms with E-state index in [0.29, 0.717) is 5.56 Å². The molecule has 0 aliphatic carbocycles. The first-order chi connectivity index (χ1) is 5.68. The third-order valence-corrected chi connectivity index (χ3v) is 1.36. The predicted molar refractivity (Wildman–Crippen MR) is 43.1 cm³/mol. The van der Waals surface area contributed by atoms with Crippen LogP contribution >= 0.6 is 0 Å². The lowest BCUT2D eigenvalue weighted by Gasteiger charge is -1.91. The monoisotopic (exact) mass is 159 g/mol. The number of carboxylic acids is 1. The van der Waals surface area contributed by atoms with Gasteiger partial charge in [0.05, 0.1) is 0 Å². The molecule has 2 heteroatoms. The van der Waals surface area contributed by atoms with Crippen LogP contribution in [-0.4, -0.2) is 5.97 Å². The minimum atomic E-state index is -1.35. The molecule has 2 nitrogen and oxygen atoms in total. The van der Waals surface area contributed by atoms with E-state index in [1.165, 1.54) is 0 Å². The van der Waals surface area contributed by atoms with Gasteiger partial charge in [0.1, 0.15) is 5.97 Å². The summed E-state index contributed by atoms with van der Waals surface area (Å²) in [5.41, 5.74) is 1.80. The predicted octanol–water partition coefficient (Wildman–Crippen LogP) is 0.0964. The summed E-state index contributed by atoms with van der Waals surface area (Å²) >= 11 is 0. The van der Waals surface area contributed by atoms with Gasteiger partial charge in [0, 0.05) is 5.56 Å². The van der Waals surface area contributed by atoms with Crippen molar-refractivity contribution in [2.75, 3.05) is 0 Å². The Morgan fingerprint density at radius 1 is 1.33 bits per heavy atom. The van der Waals surface area contributed by atoms with Gasteiger partial charge < -0.3 is 9.90 Å². The van der Waals surface area contributed by atoms with Crippen LogP contribution in [0.25, 0.3) is 0 Å². The number of aryl methyl sites for hydroxylation is 1. The van der Waals surface area contributed by atoms with Gasteiger partial charge in [-0.1, -0.05) is 23.6 Å². The minimum absolute atomic E-state index is 0.685. The number of hydrogen-bond donors (Lipinski definition) is 0. The van der Waals surface area contributed by atoms with E-state index < -0.39 is 5.97 Å². The molecule has 12 heavy (non-hydrogen) atoms. The zero-order valence-corrected chi connectivity index (χ0v) is 6.63. The van der Waals surface area contributed by atoms with E-state index in [0.717, 1.165) is 5.56 Å². The van der Waals surface area contributed by atoms with E-state index in [1.54, 1.807) is 12.1 Å². The topological polar surface area (TPSA) is 40.1 Å². The molecule has 0 aliphatic heterocycles. The third-order valence-electron chi connectivity index (χ3n) is 1.36. The van der Waals surface area contributed by atoms with Crippen molar-refractivity contribution in [2.24, 2.45) is 0 Å². The minimum Gasteiger partial charge on any atom is -0.537 e. The van der Waals surface area contributed by atoms with Gasteiger partial charge in [0.25, 0.3) is 0 Å². The summed E-state index contributed by atoms with van der Waals surface area (Å²) < 4.78 is 0. The molecular formula is C10H7O2-. The second-order valence-corrected chi connectivity index (χ2v) is 2.40. The van der Waals surface area contributed by atoms with Crippen LogP contribution in [0, 0.1) is 18.8 Å². The molecule has 60 valence electrons. The van der Waals surface area contributed by atoms with Gasteiger partial charge in [-0.3, -0.25) is 0 Å². The normalized spacial score (nSPS) is 8.42. The number of rotatable bonds is 0. The highest BCUT2D eigenvalue weighted by Gasteiger charge is 1.84. The van der Waals surface area contributed by atoms with Gasteiger partial charge in [-0.2, -0.15) is 0 Å². The van der Waals surface area contributed by atoms with E-state index >= 15 is 0 Å². The Labute approximate surface area is 70.8 Å². The van der Waals surface area contributed by atoms with Gasteiger partial charge in [-0.25, -0.2) is 0 Å². The van der Waals surface area contributed by atoms with Crippen molar-refractivity contribution in [3.05, 3.63) is 35.4 Å². The highest BCUT2D eigenvalue weighted by Crippen LogP contribution is 2.00. The van der Waals surface area contributed by atoms with Crippen LogP contribution in [0.4, 0.5) is 0 Å². The van der Waals surface area contributed by atoms with E-state index in [4.69, 9.17) is 0 Å². The molecule has 0 saturated heterocycles. The summed E-state index contributed by atoms with van der Waals surface area (Å²) in [5, 5.41) is 9.95. The standard InChI is InChI=1S/C10H8O2/c1-8-2-4-9(5-3-8)6-7-10(11)12/h2-5H,1H3,(H,11,12)/p-1. The van der Waals surface area contributed by atoms with E-state index in [2.05, 4.69) is 5.92 Å². The molecule has 0 unspecified atom stereocenters. The number of aliphatic carboxylic acids is 1. The molecule has 0 radical (unpaired) electrons. The van der Waals surface area contributed by atoms with Crippen molar-refractivity contribution in [1.29, 1.82) is 0 Å². The Hall–Kier alpha value is -1.75. The van der Waals surface area contributed by atoms with Crippen LogP contribution in [-0.2, 0) is 4.79 Å². The van der Waals surface area contributed by atoms with Gasteiger partial charge >= 0.3 is 0 Å². The Bertz CT molecular complexity index is 338. The zero-order chi connectivity index (χ0) is 8.97. The summed E-state index contributed by atoms with van der Waals surface area (Å²) in [5.74, 6) is 3.04. The van der Waals surface area contributed by atoms with Crippen molar-refractivity contribution in [3.8, 4) is 11.8 Å². The van der Waals surface area contributed by atoms with Crippen LogP contribution in [0.3, 0.4) is 0 Å². The van der Waals surface area contributed by atoms with E-state index in [-0.39, 0.29) is 0 Å². The average Bonchev–Trinajstić information content (AvgIpc) is 2.03. The fourth-order valence-corrected chi connectivity index (χ4v) is 0.760. The zero-order valence-electron chi connectivity index (χ0n) is 6.63. The maximum absolute atomic E-state index is 9.95. The maximum atomic E-state index is 9.95. The second kappa shape index (κ2) is 3.59. The third kappa shape index (κ3) is 2.47. The summed E-state index contributed by atoms with van der Waals surface area (Å²) in [6, 6.07) is 7.29. The number of hydrogen-bond acceptors (Lipinski definition) is 2. The summed E-state index contributed by atoms with van der Waals surface area (Å²) in [4.78, 5) is 9.95. The highest BCUT2D eigenvalue weighted by molar-refractivity contribution is 5.85. The fourth-order valence-electron chi connectivity index (χ4n) is 0.760. The lowest BCUT2D eigenvalue weighted by molar-refractivity contribution is -0.295. The smallest absolute Gasteiger partial charge is 0.116 e. The Kier molecular flexibility index (Phi) is 2.49. The van der Waals surface area contributed by atoms with Gasteiger partial charge in [-0.15, -0.1) is 0 Å². The Balaban J connectivity index is 2.86. The number of carbonyl (C=O) groups is 1. The maximum Gasteiger partial charge on any atom is 0.116 e. The van der Waals surface area contributed by atoms with Crippen LogP contribution in [0.15, 0.2) is 24.3 Å². The van der Waals surface area contributed by atoms with Gasteiger partial charge in [0.2, 0.25) is 0 Å². The molecule has 0 atom stereocenters. The van der Waals surface area contributed by atoms with Crippen LogP contribution < -0.4 is 5.11 Å². The van der Waals surface area contributed by atoms with Crippen molar-refractivity contribution in [2.45, 2.75) is 6.92 Å². The van der Waals surface area contributed by atoms with E-state index in [9.17, 15) is 9.90 Å². The molecule has 0 N–H and O–H groups in total. The lowest BCUT2D eigenvalue weighted by atomic mass is 10.2. The average molecular weight is 159 g/mol. The van der Waals surface area contributed by atoms with Crippen LogP contribution in [0.1, 0.15) is 11.1 Å². The van der Waals surface area contributed by atoms with Crippen molar-refractivity contribution >= 4 is 5.97 Å². The van der Waals surface area contributed by atoms with Crippen molar-refractivity contribution < 1.29 is 9.90 Å². The summed E-state index contributed by atoms with van der Waals surface area (Å²) in [6.07, 6.45) is 0.